The standard InChI is InChI=1S/C10H9F3N4O2S/c1-17(20(18,19)10(11,12)13)9-6(14)2-3-7-8(9)16-5-4-15-7/h2-5H,14H2,1H3. The van der Waals surface area contributed by atoms with Gasteiger partial charge in [0.2, 0.25) is 0 Å². The van der Waals surface area contributed by atoms with Gasteiger partial charge in [0.1, 0.15) is 11.2 Å². The fraction of sp³-hybridized carbons (Fsp3) is 0.200. The lowest BCUT2D eigenvalue weighted by Crippen LogP contribution is -2.38. The molecule has 1 heterocycles. The number of hydrogen-bond acceptors (Lipinski definition) is 5. The van der Waals surface area contributed by atoms with Crippen molar-refractivity contribution in [3.63, 3.8) is 0 Å². The number of fused-ring (bicyclic) bond motifs is 1. The molecule has 0 unspecified atom stereocenters. The van der Waals surface area contributed by atoms with Gasteiger partial charge in [0, 0.05) is 19.4 Å². The van der Waals surface area contributed by atoms with Crippen LogP contribution in [0.15, 0.2) is 24.5 Å². The molecule has 1 aromatic carbocycles. The monoisotopic (exact) mass is 306 g/mol. The van der Waals surface area contributed by atoms with Crippen molar-refractivity contribution >= 4 is 32.4 Å². The summed E-state index contributed by atoms with van der Waals surface area (Å²) >= 11 is 0. The van der Waals surface area contributed by atoms with Crippen molar-refractivity contribution in [2.75, 3.05) is 17.1 Å². The van der Waals surface area contributed by atoms with Crippen LogP contribution in [0, 0.1) is 0 Å². The van der Waals surface area contributed by atoms with Crippen LogP contribution in [0.25, 0.3) is 11.0 Å². The van der Waals surface area contributed by atoms with E-state index >= 15 is 0 Å². The average molecular weight is 306 g/mol. The topological polar surface area (TPSA) is 89.2 Å². The molecule has 0 aliphatic rings. The van der Waals surface area contributed by atoms with Crippen molar-refractivity contribution in [2.24, 2.45) is 0 Å². The second-order valence-corrected chi connectivity index (χ2v) is 5.81. The smallest absolute Gasteiger partial charge is 0.397 e. The van der Waals surface area contributed by atoms with Crippen LogP contribution in [0.1, 0.15) is 0 Å². The molecular weight excluding hydrogens is 297 g/mol. The molecule has 0 radical (unpaired) electrons. The lowest BCUT2D eigenvalue weighted by molar-refractivity contribution is -0.0436. The summed E-state index contributed by atoms with van der Waals surface area (Å²) in [6.45, 7) is 0. The minimum atomic E-state index is -5.56. The molecule has 0 aliphatic heterocycles. The molecular formula is C10H9F3N4O2S. The lowest BCUT2D eigenvalue weighted by Gasteiger charge is -2.22. The average Bonchev–Trinajstić information content (AvgIpc) is 2.36. The predicted molar refractivity (Wildman–Crippen MR) is 67.3 cm³/mol. The molecule has 2 aromatic rings. The van der Waals surface area contributed by atoms with Crippen LogP contribution in [0.5, 0.6) is 0 Å². The summed E-state index contributed by atoms with van der Waals surface area (Å²) in [6, 6.07) is 2.71. The van der Waals surface area contributed by atoms with Crippen molar-refractivity contribution in [1.29, 1.82) is 0 Å². The maximum absolute atomic E-state index is 12.6. The molecule has 0 fully saturated rings. The summed E-state index contributed by atoms with van der Waals surface area (Å²) in [5, 5.41) is 0. The van der Waals surface area contributed by atoms with E-state index in [0.29, 0.717) is 0 Å². The summed E-state index contributed by atoms with van der Waals surface area (Å²) in [6.07, 6.45) is 2.57. The Balaban J connectivity index is 2.73. The molecule has 10 heteroatoms. The van der Waals surface area contributed by atoms with E-state index in [1.54, 1.807) is 0 Å². The number of nitrogen functional groups attached to an aromatic ring is 1. The Labute approximate surface area is 112 Å². The van der Waals surface area contributed by atoms with Gasteiger partial charge in [-0.15, -0.1) is 0 Å². The van der Waals surface area contributed by atoms with Crippen LogP contribution in [-0.4, -0.2) is 30.9 Å². The maximum Gasteiger partial charge on any atom is 0.516 e. The van der Waals surface area contributed by atoms with Gasteiger partial charge < -0.3 is 5.73 Å². The summed E-state index contributed by atoms with van der Waals surface area (Å²) in [7, 11) is -4.79. The maximum atomic E-state index is 12.6. The SMILES string of the molecule is CN(c1c(N)ccc2nccnc12)S(=O)(=O)C(F)(F)F. The summed E-state index contributed by atoms with van der Waals surface area (Å²) in [4.78, 5) is 7.73. The Morgan fingerprint density at radius 2 is 1.80 bits per heavy atom. The van der Waals surface area contributed by atoms with Gasteiger partial charge in [-0.05, 0) is 12.1 Å². The number of benzene rings is 1. The summed E-state index contributed by atoms with van der Waals surface area (Å²) < 4.78 is 60.7. The molecule has 1 aromatic heterocycles. The number of alkyl halides is 3. The molecule has 0 saturated heterocycles. The number of anilines is 2. The number of nitrogens with zero attached hydrogens (tertiary/aromatic N) is 3. The zero-order valence-corrected chi connectivity index (χ0v) is 10.9. The van der Waals surface area contributed by atoms with Crippen molar-refractivity contribution in [3.05, 3.63) is 24.5 Å². The van der Waals surface area contributed by atoms with E-state index in [4.69, 9.17) is 5.73 Å². The van der Waals surface area contributed by atoms with Gasteiger partial charge in [-0.25, -0.2) is 0 Å². The van der Waals surface area contributed by atoms with Gasteiger partial charge in [-0.3, -0.25) is 14.3 Å². The molecule has 2 N–H and O–H groups in total. The number of aromatic nitrogens is 2. The van der Waals surface area contributed by atoms with E-state index in [1.807, 2.05) is 0 Å². The van der Waals surface area contributed by atoms with Crippen LogP contribution < -0.4 is 10.0 Å². The highest BCUT2D eigenvalue weighted by molar-refractivity contribution is 7.93. The Hall–Kier alpha value is -2.10. The van der Waals surface area contributed by atoms with Gasteiger partial charge in [0.25, 0.3) is 0 Å². The van der Waals surface area contributed by atoms with Crippen LogP contribution in [0.2, 0.25) is 0 Å². The largest absolute Gasteiger partial charge is 0.516 e. The Morgan fingerprint density at radius 3 is 2.40 bits per heavy atom. The lowest BCUT2D eigenvalue weighted by atomic mass is 10.2. The van der Waals surface area contributed by atoms with Gasteiger partial charge in [0.15, 0.2) is 0 Å². The molecule has 0 spiro atoms. The fourth-order valence-electron chi connectivity index (χ4n) is 1.64. The first kappa shape index (κ1) is 14.3. The number of sulfonamides is 1. The van der Waals surface area contributed by atoms with Crippen LogP contribution >= 0.6 is 0 Å². The first-order chi connectivity index (χ1) is 9.16. The van der Waals surface area contributed by atoms with E-state index in [-0.39, 0.29) is 26.7 Å². The van der Waals surface area contributed by atoms with Gasteiger partial charge in [-0.1, -0.05) is 0 Å². The van der Waals surface area contributed by atoms with E-state index in [1.165, 1.54) is 24.5 Å². The van der Waals surface area contributed by atoms with Crippen LogP contribution in [0.4, 0.5) is 24.5 Å². The fourth-order valence-corrected chi connectivity index (χ4v) is 2.39. The summed E-state index contributed by atoms with van der Waals surface area (Å²) in [5.74, 6) is 0. The first-order valence-electron chi connectivity index (χ1n) is 5.20. The van der Waals surface area contributed by atoms with Crippen molar-refractivity contribution in [2.45, 2.75) is 5.51 Å². The predicted octanol–water partition coefficient (Wildman–Crippen LogP) is 1.50. The zero-order valence-electron chi connectivity index (χ0n) is 10.1. The van der Waals surface area contributed by atoms with E-state index in [2.05, 4.69) is 9.97 Å². The first-order valence-corrected chi connectivity index (χ1v) is 6.64. The highest BCUT2D eigenvalue weighted by Crippen LogP contribution is 2.36. The number of rotatable bonds is 2. The Morgan fingerprint density at radius 1 is 1.20 bits per heavy atom. The molecule has 20 heavy (non-hydrogen) atoms. The third-order valence-electron chi connectivity index (χ3n) is 2.61. The molecule has 2 rings (SSSR count). The quantitative estimate of drug-likeness (QED) is 0.849. The molecule has 0 atom stereocenters. The third kappa shape index (κ3) is 2.11. The normalized spacial score (nSPS) is 12.6. The van der Waals surface area contributed by atoms with Crippen molar-refractivity contribution < 1.29 is 21.6 Å². The molecule has 0 amide bonds. The van der Waals surface area contributed by atoms with Crippen molar-refractivity contribution in [3.8, 4) is 0 Å². The second kappa shape index (κ2) is 4.47. The third-order valence-corrected chi connectivity index (χ3v) is 4.10. The number of hydrogen-bond donors (Lipinski definition) is 1. The van der Waals surface area contributed by atoms with Gasteiger partial charge >= 0.3 is 15.5 Å². The molecule has 0 aliphatic carbocycles. The Kier molecular flexibility index (Phi) is 3.20. The van der Waals surface area contributed by atoms with Crippen LogP contribution in [0.3, 0.4) is 0 Å². The molecule has 6 nitrogen and oxygen atoms in total. The number of nitrogens with two attached hydrogens (primary N) is 1. The highest BCUT2D eigenvalue weighted by Gasteiger charge is 2.49. The van der Waals surface area contributed by atoms with Crippen LogP contribution in [-0.2, 0) is 10.0 Å². The number of halogens is 3. The van der Waals surface area contributed by atoms with E-state index < -0.39 is 15.5 Å². The summed E-state index contributed by atoms with van der Waals surface area (Å²) in [5.41, 5.74) is -0.133. The van der Waals surface area contributed by atoms with E-state index in [0.717, 1.165) is 7.05 Å². The zero-order chi connectivity index (χ0) is 15.1. The van der Waals surface area contributed by atoms with Gasteiger partial charge in [0.05, 0.1) is 11.2 Å². The minimum absolute atomic E-state index is 0.0252. The molecule has 0 saturated carbocycles. The molecule has 0 bridgehead atoms. The van der Waals surface area contributed by atoms with Crippen molar-refractivity contribution in [1.82, 2.24) is 9.97 Å². The van der Waals surface area contributed by atoms with E-state index in [9.17, 15) is 21.6 Å². The Bertz CT molecular complexity index is 761. The minimum Gasteiger partial charge on any atom is -0.397 e. The highest BCUT2D eigenvalue weighted by atomic mass is 32.2. The van der Waals surface area contributed by atoms with Gasteiger partial charge in [-0.2, -0.15) is 21.6 Å². The molecule has 108 valence electrons. The second-order valence-electron chi connectivity index (χ2n) is 3.85.